The monoisotopic (exact) mass is 288 g/mol. The molecule has 1 saturated heterocycles. The number of aliphatic hydroxyl groups is 1. The number of nitrogens with zero attached hydrogens (tertiary/aromatic N) is 2. The van der Waals surface area contributed by atoms with Gasteiger partial charge in [-0.05, 0) is 39.8 Å². The van der Waals surface area contributed by atoms with Gasteiger partial charge in [-0.3, -0.25) is 0 Å². The average Bonchev–Trinajstić information content (AvgIpc) is 2.72. The Balaban J connectivity index is 2.00. The molecule has 0 radical (unpaired) electrons. The van der Waals surface area contributed by atoms with Crippen LogP contribution in [0.5, 0.6) is 0 Å². The smallest absolute Gasteiger partial charge is 0.112 e. The summed E-state index contributed by atoms with van der Waals surface area (Å²) < 4.78 is 8.12. The third-order valence-electron chi connectivity index (χ3n) is 4.70. The van der Waals surface area contributed by atoms with Gasteiger partial charge in [-0.25, -0.2) is 4.98 Å². The maximum absolute atomic E-state index is 11.2. The molecule has 0 bridgehead atoms. The third-order valence-corrected chi connectivity index (χ3v) is 4.70. The summed E-state index contributed by atoms with van der Waals surface area (Å²) in [7, 11) is 2.00. The second-order valence-corrected chi connectivity index (χ2v) is 7.33. The first-order valence-corrected chi connectivity index (χ1v) is 7.47. The molecule has 1 atom stereocenters. The standard InChI is InChI=1S/C17H24N2O2/c1-15(2)11-17(20,16(3,4)21-15)10-14-18-12-8-6-7-9-13(12)19(14)5/h6-9,20H,10-11H2,1-5H3. The largest absolute Gasteiger partial charge is 0.386 e. The van der Waals surface area contributed by atoms with E-state index < -0.39 is 11.2 Å². The maximum atomic E-state index is 11.2. The molecule has 1 fully saturated rings. The van der Waals surface area contributed by atoms with Crippen LogP contribution >= 0.6 is 0 Å². The summed E-state index contributed by atoms with van der Waals surface area (Å²) in [5.74, 6) is 0.896. The molecule has 1 aromatic carbocycles. The van der Waals surface area contributed by atoms with Gasteiger partial charge < -0.3 is 14.4 Å². The highest BCUT2D eigenvalue weighted by atomic mass is 16.5. The molecular formula is C17H24N2O2. The fourth-order valence-electron chi connectivity index (χ4n) is 3.63. The van der Waals surface area contributed by atoms with Crippen LogP contribution in [0.3, 0.4) is 0 Å². The minimum absolute atomic E-state index is 0.317. The summed E-state index contributed by atoms with van der Waals surface area (Å²) in [4.78, 5) is 4.68. The Bertz CT molecular complexity index is 687. The van der Waals surface area contributed by atoms with Crippen molar-refractivity contribution in [2.24, 2.45) is 7.05 Å². The second kappa shape index (κ2) is 4.31. The quantitative estimate of drug-likeness (QED) is 0.924. The molecule has 1 aliphatic heterocycles. The lowest BCUT2D eigenvalue weighted by Crippen LogP contribution is -2.48. The van der Waals surface area contributed by atoms with Crippen molar-refractivity contribution in [3.05, 3.63) is 30.1 Å². The summed E-state index contributed by atoms with van der Waals surface area (Å²) in [6, 6.07) is 8.05. The van der Waals surface area contributed by atoms with Crippen molar-refractivity contribution in [1.82, 2.24) is 9.55 Å². The zero-order chi connectivity index (χ0) is 15.5. The lowest BCUT2D eigenvalue weighted by atomic mass is 9.80. The van der Waals surface area contributed by atoms with Gasteiger partial charge in [-0.1, -0.05) is 12.1 Å². The van der Waals surface area contributed by atoms with E-state index in [4.69, 9.17) is 4.74 Å². The highest BCUT2D eigenvalue weighted by molar-refractivity contribution is 5.75. The van der Waals surface area contributed by atoms with Gasteiger partial charge in [-0.2, -0.15) is 0 Å². The van der Waals surface area contributed by atoms with Crippen LogP contribution in [0.25, 0.3) is 11.0 Å². The van der Waals surface area contributed by atoms with Crippen molar-refractivity contribution in [1.29, 1.82) is 0 Å². The van der Waals surface area contributed by atoms with E-state index in [-0.39, 0.29) is 5.60 Å². The first kappa shape index (κ1) is 14.5. The Labute approximate surface area is 125 Å². The number of fused-ring (bicyclic) bond motifs is 1. The van der Waals surface area contributed by atoms with Gasteiger partial charge in [0.2, 0.25) is 0 Å². The predicted molar refractivity (Wildman–Crippen MR) is 83.2 cm³/mol. The molecule has 21 heavy (non-hydrogen) atoms. The Kier molecular flexibility index (Phi) is 2.98. The molecular weight excluding hydrogens is 264 g/mol. The van der Waals surface area contributed by atoms with Crippen LogP contribution in [0, 0.1) is 0 Å². The van der Waals surface area contributed by atoms with E-state index in [2.05, 4.69) is 15.6 Å². The topological polar surface area (TPSA) is 47.3 Å². The molecule has 4 nitrogen and oxygen atoms in total. The van der Waals surface area contributed by atoms with Gasteiger partial charge in [0.05, 0.1) is 22.2 Å². The van der Waals surface area contributed by atoms with Crippen LogP contribution < -0.4 is 0 Å². The summed E-state index contributed by atoms with van der Waals surface area (Å²) in [5, 5.41) is 11.2. The number of aryl methyl sites for hydroxylation is 1. The Hall–Kier alpha value is -1.39. The fourth-order valence-corrected chi connectivity index (χ4v) is 3.63. The van der Waals surface area contributed by atoms with Crippen LogP contribution in [0.1, 0.15) is 39.9 Å². The van der Waals surface area contributed by atoms with Crippen molar-refractivity contribution in [2.75, 3.05) is 0 Å². The summed E-state index contributed by atoms with van der Waals surface area (Å²) in [6.45, 7) is 7.98. The average molecular weight is 288 g/mol. The Morgan fingerprint density at radius 1 is 1.24 bits per heavy atom. The molecule has 114 valence electrons. The van der Waals surface area contributed by atoms with Crippen molar-refractivity contribution in [3.8, 4) is 0 Å². The number of rotatable bonds is 2. The number of para-hydroxylation sites is 2. The minimum Gasteiger partial charge on any atom is -0.386 e. The zero-order valence-corrected chi connectivity index (χ0v) is 13.5. The van der Waals surface area contributed by atoms with Gasteiger partial charge in [0, 0.05) is 19.9 Å². The van der Waals surface area contributed by atoms with Gasteiger partial charge in [0.15, 0.2) is 0 Å². The number of hydrogen-bond acceptors (Lipinski definition) is 3. The molecule has 0 spiro atoms. The number of aromatic nitrogens is 2. The molecule has 0 amide bonds. The molecule has 1 aliphatic rings. The number of ether oxygens (including phenoxy) is 1. The van der Waals surface area contributed by atoms with Gasteiger partial charge >= 0.3 is 0 Å². The molecule has 3 rings (SSSR count). The molecule has 0 aliphatic carbocycles. The highest BCUT2D eigenvalue weighted by Gasteiger charge is 2.56. The van der Waals surface area contributed by atoms with E-state index in [1.807, 2.05) is 52.9 Å². The molecule has 2 aromatic rings. The van der Waals surface area contributed by atoms with E-state index in [9.17, 15) is 5.11 Å². The van der Waals surface area contributed by atoms with E-state index in [0.717, 1.165) is 16.9 Å². The van der Waals surface area contributed by atoms with Crippen LogP contribution in [0.4, 0.5) is 0 Å². The second-order valence-electron chi connectivity index (χ2n) is 7.33. The Morgan fingerprint density at radius 3 is 2.48 bits per heavy atom. The van der Waals surface area contributed by atoms with Crippen molar-refractivity contribution in [3.63, 3.8) is 0 Å². The predicted octanol–water partition coefficient (Wildman–Crippen LogP) is 2.82. The molecule has 1 N–H and O–H groups in total. The lowest BCUT2D eigenvalue weighted by molar-refractivity contribution is -0.126. The van der Waals surface area contributed by atoms with Crippen molar-refractivity contribution >= 4 is 11.0 Å². The molecule has 0 saturated carbocycles. The summed E-state index contributed by atoms with van der Waals surface area (Å²) >= 11 is 0. The van der Waals surface area contributed by atoms with E-state index in [1.165, 1.54) is 0 Å². The zero-order valence-electron chi connectivity index (χ0n) is 13.5. The van der Waals surface area contributed by atoms with Crippen LogP contribution in [0.2, 0.25) is 0 Å². The maximum Gasteiger partial charge on any atom is 0.112 e. The van der Waals surface area contributed by atoms with Crippen molar-refractivity contribution < 1.29 is 9.84 Å². The number of benzene rings is 1. The van der Waals surface area contributed by atoms with Crippen LogP contribution in [-0.2, 0) is 18.2 Å². The molecule has 2 heterocycles. The van der Waals surface area contributed by atoms with Crippen LogP contribution in [-0.4, -0.2) is 31.5 Å². The lowest BCUT2D eigenvalue weighted by Gasteiger charge is -2.34. The number of hydrogen-bond donors (Lipinski definition) is 1. The molecule has 4 heteroatoms. The highest BCUT2D eigenvalue weighted by Crippen LogP contribution is 2.46. The summed E-state index contributed by atoms with van der Waals surface area (Å²) in [5.41, 5.74) is 0.241. The molecule has 1 unspecified atom stereocenters. The first-order valence-electron chi connectivity index (χ1n) is 7.47. The van der Waals surface area contributed by atoms with Crippen LogP contribution in [0.15, 0.2) is 24.3 Å². The van der Waals surface area contributed by atoms with Gasteiger partial charge in [0.25, 0.3) is 0 Å². The SMILES string of the molecule is Cn1c(CC2(O)CC(C)(C)OC2(C)C)nc2ccccc21. The van der Waals surface area contributed by atoms with E-state index in [0.29, 0.717) is 12.8 Å². The van der Waals surface area contributed by atoms with Gasteiger partial charge in [-0.15, -0.1) is 0 Å². The summed E-state index contributed by atoms with van der Waals surface area (Å²) in [6.07, 6.45) is 1.10. The molecule has 1 aromatic heterocycles. The van der Waals surface area contributed by atoms with E-state index >= 15 is 0 Å². The first-order chi connectivity index (χ1) is 9.64. The third kappa shape index (κ3) is 2.27. The number of imidazole rings is 1. The fraction of sp³-hybridized carbons (Fsp3) is 0.588. The van der Waals surface area contributed by atoms with Crippen molar-refractivity contribution in [2.45, 2.75) is 57.3 Å². The van der Waals surface area contributed by atoms with E-state index in [1.54, 1.807) is 0 Å². The minimum atomic E-state index is -0.911. The van der Waals surface area contributed by atoms with Gasteiger partial charge in [0.1, 0.15) is 11.4 Å². The normalized spacial score (nSPS) is 27.3. The Morgan fingerprint density at radius 2 is 1.90 bits per heavy atom.